The normalized spacial score (nSPS) is 10.3. The average Bonchev–Trinajstić information content (AvgIpc) is 2.65. The van der Waals surface area contributed by atoms with E-state index in [2.05, 4.69) is 5.16 Å². The van der Waals surface area contributed by atoms with Crippen LogP contribution < -0.4 is 0 Å². The Balaban J connectivity index is 2.40. The fourth-order valence-electron chi connectivity index (χ4n) is 1.42. The standard InChI is InChI=1S/C11H8ClNO3/c12-8-3-1-2-7(4-8)9-6-13-16-10(9)5-11(14)15/h1-4,6H,5H2,(H,14,15). The monoisotopic (exact) mass is 237 g/mol. The van der Waals surface area contributed by atoms with E-state index in [-0.39, 0.29) is 6.42 Å². The number of hydrogen-bond donors (Lipinski definition) is 1. The Kier molecular flexibility index (Phi) is 2.92. The van der Waals surface area contributed by atoms with E-state index in [1.165, 1.54) is 6.20 Å². The molecule has 0 aliphatic heterocycles. The van der Waals surface area contributed by atoms with Crippen LogP contribution in [0, 0.1) is 0 Å². The van der Waals surface area contributed by atoms with Crippen LogP contribution in [0.3, 0.4) is 0 Å². The van der Waals surface area contributed by atoms with Crippen molar-refractivity contribution in [3.8, 4) is 11.1 Å². The average molecular weight is 238 g/mol. The molecule has 0 unspecified atom stereocenters. The summed E-state index contributed by atoms with van der Waals surface area (Å²) in [4.78, 5) is 10.6. The van der Waals surface area contributed by atoms with Crippen molar-refractivity contribution >= 4 is 17.6 Å². The minimum atomic E-state index is -0.958. The molecule has 0 amide bonds. The van der Waals surface area contributed by atoms with Crippen molar-refractivity contribution in [2.24, 2.45) is 0 Å². The summed E-state index contributed by atoms with van der Waals surface area (Å²) in [5, 5.41) is 12.9. The quantitative estimate of drug-likeness (QED) is 0.891. The number of aromatic nitrogens is 1. The summed E-state index contributed by atoms with van der Waals surface area (Å²) in [6.07, 6.45) is 1.30. The van der Waals surface area contributed by atoms with Crippen molar-refractivity contribution in [1.82, 2.24) is 5.16 Å². The maximum atomic E-state index is 10.6. The SMILES string of the molecule is O=C(O)Cc1oncc1-c1cccc(Cl)c1. The molecule has 1 heterocycles. The number of hydrogen-bond acceptors (Lipinski definition) is 3. The van der Waals surface area contributed by atoms with E-state index in [9.17, 15) is 4.79 Å². The number of carbonyl (C=O) groups is 1. The van der Waals surface area contributed by atoms with Gasteiger partial charge in [0.1, 0.15) is 6.42 Å². The third-order valence-electron chi connectivity index (χ3n) is 2.09. The molecule has 0 aliphatic rings. The first-order chi connectivity index (χ1) is 7.66. The minimum absolute atomic E-state index is 0.193. The Labute approximate surface area is 96.4 Å². The number of aliphatic carboxylic acids is 1. The molecule has 1 N–H and O–H groups in total. The number of carboxylic acid groups (broad SMARTS) is 1. The highest BCUT2D eigenvalue weighted by molar-refractivity contribution is 6.30. The molecule has 0 radical (unpaired) electrons. The lowest BCUT2D eigenvalue weighted by Gasteiger charge is -1.99. The van der Waals surface area contributed by atoms with Gasteiger partial charge in [0.2, 0.25) is 0 Å². The van der Waals surface area contributed by atoms with Gasteiger partial charge in [0.25, 0.3) is 0 Å². The van der Waals surface area contributed by atoms with Crippen molar-refractivity contribution < 1.29 is 14.4 Å². The molecule has 0 fully saturated rings. The van der Waals surface area contributed by atoms with Gasteiger partial charge in [-0.2, -0.15) is 0 Å². The topological polar surface area (TPSA) is 63.3 Å². The fourth-order valence-corrected chi connectivity index (χ4v) is 1.61. The van der Waals surface area contributed by atoms with Crippen LogP contribution >= 0.6 is 11.6 Å². The van der Waals surface area contributed by atoms with Gasteiger partial charge in [0.05, 0.1) is 6.20 Å². The summed E-state index contributed by atoms with van der Waals surface area (Å²) in [5.41, 5.74) is 1.45. The predicted molar refractivity (Wildman–Crippen MR) is 58.3 cm³/mol. The van der Waals surface area contributed by atoms with E-state index in [1.807, 2.05) is 6.07 Å². The zero-order valence-corrected chi connectivity index (χ0v) is 8.94. The molecule has 0 aliphatic carbocycles. The molecule has 2 aromatic rings. The Bertz CT molecular complexity index is 521. The molecule has 4 nitrogen and oxygen atoms in total. The van der Waals surface area contributed by atoms with E-state index < -0.39 is 5.97 Å². The Morgan fingerprint density at radius 1 is 1.50 bits per heavy atom. The summed E-state index contributed by atoms with van der Waals surface area (Å²) >= 11 is 5.85. The van der Waals surface area contributed by atoms with Gasteiger partial charge < -0.3 is 9.63 Å². The maximum absolute atomic E-state index is 10.6. The van der Waals surface area contributed by atoms with E-state index in [4.69, 9.17) is 21.2 Å². The Morgan fingerprint density at radius 3 is 3.00 bits per heavy atom. The lowest BCUT2D eigenvalue weighted by molar-refractivity contribution is -0.136. The third kappa shape index (κ3) is 2.23. The number of nitrogens with zero attached hydrogens (tertiary/aromatic N) is 1. The van der Waals surface area contributed by atoms with Crippen molar-refractivity contribution in [3.05, 3.63) is 41.2 Å². The van der Waals surface area contributed by atoms with Gasteiger partial charge in [-0.05, 0) is 17.7 Å². The smallest absolute Gasteiger partial charge is 0.311 e. The highest BCUT2D eigenvalue weighted by Crippen LogP contribution is 2.26. The van der Waals surface area contributed by atoms with Crippen LogP contribution in [0.5, 0.6) is 0 Å². The van der Waals surface area contributed by atoms with Gasteiger partial charge >= 0.3 is 5.97 Å². The largest absolute Gasteiger partial charge is 0.481 e. The van der Waals surface area contributed by atoms with Gasteiger partial charge in [-0.15, -0.1) is 0 Å². The number of halogens is 1. The van der Waals surface area contributed by atoms with Crippen LogP contribution in [-0.4, -0.2) is 16.2 Å². The fraction of sp³-hybridized carbons (Fsp3) is 0.0909. The van der Waals surface area contributed by atoms with Gasteiger partial charge in [-0.3, -0.25) is 4.79 Å². The van der Waals surface area contributed by atoms with Crippen molar-refractivity contribution in [1.29, 1.82) is 0 Å². The summed E-state index contributed by atoms with van der Waals surface area (Å²) in [5.74, 6) is -0.630. The Morgan fingerprint density at radius 2 is 2.31 bits per heavy atom. The van der Waals surface area contributed by atoms with Crippen molar-refractivity contribution in [2.45, 2.75) is 6.42 Å². The minimum Gasteiger partial charge on any atom is -0.481 e. The molecule has 82 valence electrons. The molecule has 16 heavy (non-hydrogen) atoms. The number of benzene rings is 1. The zero-order valence-electron chi connectivity index (χ0n) is 8.18. The molecule has 0 bridgehead atoms. The summed E-state index contributed by atoms with van der Waals surface area (Å²) in [6, 6.07) is 7.09. The highest BCUT2D eigenvalue weighted by Gasteiger charge is 2.13. The first-order valence-electron chi connectivity index (χ1n) is 4.58. The highest BCUT2D eigenvalue weighted by atomic mass is 35.5. The molecule has 1 aromatic carbocycles. The van der Waals surface area contributed by atoms with Crippen LogP contribution in [-0.2, 0) is 11.2 Å². The second kappa shape index (κ2) is 4.37. The second-order valence-corrected chi connectivity index (χ2v) is 3.68. The summed E-state index contributed by atoms with van der Waals surface area (Å²) in [6.45, 7) is 0. The third-order valence-corrected chi connectivity index (χ3v) is 2.33. The lowest BCUT2D eigenvalue weighted by atomic mass is 10.1. The van der Waals surface area contributed by atoms with Gasteiger partial charge in [-0.25, -0.2) is 0 Å². The lowest BCUT2D eigenvalue weighted by Crippen LogP contribution is -1.99. The molecule has 5 heteroatoms. The van der Waals surface area contributed by atoms with E-state index >= 15 is 0 Å². The van der Waals surface area contributed by atoms with E-state index in [1.54, 1.807) is 18.2 Å². The Hall–Kier alpha value is -1.81. The second-order valence-electron chi connectivity index (χ2n) is 3.24. The molecule has 0 atom stereocenters. The number of carboxylic acids is 1. The molecule has 0 spiro atoms. The maximum Gasteiger partial charge on any atom is 0.311 e. The van der Waals surface area contributed by atoms with Gasteiger partial charge in [0, 0.05) is 10.6 Å². The van der Waals surface area contributed by atoms with Crippen molar-refractivity contribution in [3.63, 3.8) is 0 Å². The molecule has 0 saturated carbocycles. The molecular formula is C11H8ClNO3. The molecule has 1 aromatic heterocycles. The number of rotatable bonds is 3. The molecule has 2 rings (SSSR count). The van der Waals surface area contributed by atoms with E-state index in [0.717, 1.165) is 5.56 Å². The van der Waals surface area contributed by atoms with Crippen LogP contribution in [0.25, 0.3) is 11.1 Å². The van der Waals surface area contributed by atoms with Gasteiger partial charge in [-0.1, -0.05) is 28.9 Å². The first kappa shape index (κ1) is 10.7. The summed E-state index contributed by atoms with van der Waals surface area (Å²) < 4.78 is 4.90. The summed E-state index contributed by atoms with van der Waals surface area (Å²) in [7, 11) is 0. The van der Waals surface area contributed by atoms with Crippen LogP contribution in [0.2, 0.25) is 5.02 Å². The molecular weight excluding hydrogens is 230 g/mol. The first-order valence-corrected chi connectivity index (χ1v) is 4.96. The van der Waals surface area contributed by atoms with Crippen LogP contribution in [0.4, 0.5) is 0 Å². The van der Waals surface area contributed by atoms with Crippen molar-refractivity contribution in [2.75, 3.05) is 0 Å². The van der Waals surface area contributed by atoms with Gasteiger partial charge in [0.15, 0.2) is 5.76 Å². The predicted octanol–water partition coefficient (Wildman–Crippen LogP) is 2.62. The van der Waals surface area contributed by atoms with Crippen LogP contribution in [0.1, 0.15) is 5.76 Å². The van der Waals surface area contributed by atoms with E-state index in [0.29, 0.717) is 16.3 Å². The van der Waals surface area contributed by atoms with Crippen LogP contribution in [0.15, 0.2) is 35.0 Å². The molecule has 0 saturated heterocycles. The zero-order chi connectivity index (χ0) is 11.5.